The molecule has 2 N–H and O–H groups in total. The Balaban J connectivity index is 2.13. The lowest BCUT2D eigenvalue weighted by Gasteiger charge is -2.25. The highest BCUT2D eigenvalue weighted by Gasteiger charge is 2.29. The van der Waals surface area contributed by atoms with Gasteiger partial charge in [-0.3, -0.25) is 4.79 Å². The Kier molecular flexibility index (Phi) is 7.53. The lowest BCUT2D eigenvalue weighted by molar-refractivity contribution is -0.117. The van der Waals surface area contributed by atoms with Crippen LogP contribution < -0.4 is 10.1 Å². The fourth-order valence-corrected chi connectivity index (χ4v) is 4.93. The minimum atomic E-state index is -0.352. The number of carbonyl (C=O) groups excluding carboxylic acids is 1. The maximum Gasteiger partial charge on any atom is 0.264 e. The number of amides is 1. The summed E-state index contributed by atoms with van der Waals surface area (Å²) in [5, 5.41) is 21.6. The van der Waals surface area contributed by atoms with Crippen LogP contribution in [-0.4, -0.2) is 23.9 Å². The molecular formula is C18H22N2O3S2. The number of unbranched alkanes of at least 4 members (excludes halogenated alkanes) is 3. The monoisotopic (exact) mass is 378 g/mol. The molecule has 0 radical (unpaired) electrons. The van der Waals surface area contributed by atoms with Crippen LogP contribution in [0.15, 0.2) is 28.0 Å². The van der Waals surface area contributed by atoms with Gasteiger partial charge in [0.25, 0.3) is 5.91 Å². The van der Waals surface area contributed by atoms with E-state index in [9.17, 15) is 15.2 Å². The summed E-state index contributed by atoms with van der Waals surface area (Å²) >= 11 is 3.04. The number of hydrogen-bond acceptors (Lipinski definition) is 6. The van der Waals surface area contributed by atoms with Crippen LogP contribution in [0.4, 0.5) is 0 Å². The molecule has 0 aliphatic carbocycles. The van der Waals surface area contributed by atoms with Crippen molar-refractivity contribution in [1.82, 2.24) is 5.32 Å². The van der Waals surface area contributed by atoms with Gasteiger partial charge in [0.15, 0.2) is 11.5 Å². The average Bonchev–Trinajstić information content (AvgIpc) is 2.61. The molecule has 1 heterocycles. The van der Waals surface area contributed by atoms with E-state index in [1.807, 2.05) is 6.07 Å². The second kappa shape index (κ2) is 9.64. The minimum absolute atomic E-state index is 0.0529. The highest BCUT2D eigenvalue weighted by molar-refractivity contribution is 8.22. The number of nitrogens with zero attached hydrogens (tertiary/aromatic N) is 1. The van der Waals surface area contributed by atoms with Crippen LogP contribution >= 0.6 is 23.5 Å². The van der Waals surface area contributed by atoms with Crippen molar-refractivity contribution in [2.24, 2.45) is 0 Å². The number of aromatic hydroxyl groups is 1. The maximum atomic E-state index is 12.3. The van der Waals surface area contributed by atoms with E-state index in [0.29, 0.717) is 5.75 Å². The number of methoxy groups -OCH3 is 1. The van der Waals surface area contributed by atoms with Crippen molar-refractivity contribution in [2.75, 3.05) is 12.9 Å². The summed E-state index contributed by atoms with van der Waals surface area (Å²) in [6, 6.07) is 7.01. The Morgan fingerprint density at radius 1 is 1.40 bits per heavy atom. The quantitative estimate of drug-likeness (QED) is 0.656. The number of phenolic OH excluding ortho intramolecular Hbond substituents is 1. The van der Waals surface area contributed by atoms with Gasteiger partial charge in [-0.15, -0.1) is 11.8 Å². The first kappa shape index (κ1) is 19.5. The smallest absolute Gasteiger partial charge is 0.264 e. The van der Waals surface area contributed by atoms with Gasteiger partial charge < -0.3 is 15.2 Å². The van der Waals surface area contributed by atoms with Crippen molar-refractivity contribution in [2.45, 2.75) is 38.0 Å². The van der Waals surface area contributed by atoms with Crippen molar-refractivity contribution in [3.8, 4) is 17.6 Å². The van der Waals surface area contributed by atoms with E-state index in [0.717, 1.165) is 28.4 Å². The summed E-state index contributed by atoms with van der Waals surface area (Å²) in [5.41, 5.74) is 1.00. The van der Waals surface area contributed by atoms with Gasteiger partial charge in [-0.1, -0.05) is 44.0 Å². The molecule has 1 aromatic carbocycles. The maximum absolute atomic E-state index is 12.3. The Morgan fingerprint density at radius 3 is 2.88 bits per heavy atom. The molecule has 0 saturated carbocycles. The average molecular weight is 379 g/mol. The van der Waals surface area contributed by atoms with Gasteiger partial charge >= 0.3 is 0 Å². The largest absolute Gasteiger partial charge is 0.504 e. The molecular weight excluding hydrogens is 356 g/mol. The topological polar surface area (TPSA) is 82.4 Å². The molecule has 0 aromatic heterocycles. The molecule has 2 rings (SSSR count). The predicted octanol–water partition coefficient (Wildman–Crippen LogP) is 4.31. The van der Waals surface area contributed by atoms with Crippen molar-refractivity contribution in [3.05, 3.63) is 33.6 Å². The lowest BCUT2D eigenvalue weighted by Crippen LogP contribution is -2.31. The number of nitrogens with one attached hydrogen (secondary N) is 1. The molecule has 134 valence electrons. The van der Waals surface area contributed by atoms with Crippen molar-refractivity contribution in [1.29, 1.82) is 5.26 Å². The molecule has 0 saturated heterocycles. The van der Waals surface area contributed by atoms with E-state index in [2.05, 4.69) is 12.2 Å². The lowest BCUT2D eigenvalue weighted by atomic mass is 10.2. The number of benzene rings is 1. The fraction of sp³-hybridized carbons (Fsp3) is 0.444. The van der Waals surface area contributed by atoms with Gasteiger partial charge in [0.1, 0.15) is 17.0 Å². The molecule has 25 heavy (non-hydrogen) atoms. The van der Waals surface area contributed by atoms with E-state index in [1.165, 1.54) is 31.7 Å². The van der Waals surface area contributed by atoms with Crippen LogP contribution in [-0.2, 0) is 4.79 Å². The van der Waals surface area contributed by atoms with Gasteiger partial charge in [0, 0.05) is 0 Å². The summed E-state index contributed by atoms with van der Waals surface area (Å²) < 4.78 is 5.90. The Bertz CT molecular complexity index is 698. The summed E-state index contributed by atoms with van der Waals surface area (Å²) in [6.07, 6.45) is 4.61. The molecule has 1 atom stereocenters. The second-order valence-corrected chi connectivity index (χ2v) is 8.06. The highest BCUT2D eigenvalue weighted by Crippen LogP contribution is 2.45. The summed E-state index contributed by atoms with van der Waals surface area (Å²) in [6.45, 7) is 2.17. The van der Waals surface area contributed by atoms with E-state index >= 15 is 0 Å². The van der Waals surface area contributed by atoms with Crippen LogP contribution in [0.25, 0.3) is 0 Å². The van der Waals surface area contributed by atoms with Gasteiger partial charge in [-0.2, -0.15) is 5.26 Å². The summed E-state index contributed by atoms with van der Waals surface area (Å²) in [5.74, 6) is 0.953. The standard InChI is InChI=1S/C18H22N2O3S2/c1-3-4-5-6-9-24-18-13(11-19)16(22)20-17(25-18)12-7-8-14(21)15(10-12)23-2/h7-8,10,17,21H,3-6,9H2,1-2H3,(H,20,22). The van der Waals surface area contributed by atoms with E-state index < -0.39 is 0 Å². The number of ether oxygens (including phenoxy) is 1. The molecule has 0 fully saturated rings. The van der Waals surface area contributed by atoms with Crippen molar-refractivity contribution >= 4 is 29.4 Å². The molecule has 0 spiro atoms. The molecule has 1 aliphatic rings. The highest BCUT2D eigenvalue weighted by atomic mass is 32.2. The van der Waals surface area contributed by atoms with Gasteiger partial charge in [0.05, 0.1) is 11.3 Å². The zero-order chi connectivity index (χ0) is 18.2. The first-order chi connectivity index (χ1) is 12.1. The number of nitriles is 1. The number of thioether (sulfide) groups is 2. The molecule has 0 bridgehead atoms. The normalized spacial score (nSPS) is 17.2. The Labute approximate surface area is 156 Å². The second-order valence-electron chi connectivity index (χ2n) is 5.59. The number of hydrogen-bond donors (Lipinski definition) is 2. The first-order valence-corrected chi connectivity index (χ1v) is 10.1. The molecule has 1 aromatic rings. The van der Waals surface area contributed by atoms with E-state index in [1.54, 1.807) is 30.0 Å². The third-order valence-electron chi connectivity index (χ3n) is 3.77. The third kappa shape index (κ3) is 5.10. The molecule has 5 nitrogen and oxygen atoms in total. The predicted molar refractivity (Wildman–Crippen MR) is 102 cm³/mol. The fourth-order valence-electron chi connectivity index (χ4n) is 2.38. The van der Waals surface area contributed by atoms with Crippen LogP contribution in [0.2, 0.25) is 0 Å². The van der Waals surface area contributed by atoms with Crippen LogP contribution in [0.3, 0.4) is 0 Å². The van der Waals surface area contributed by atoms with Gasteiger partial charge in [0.2, 0.25) is 0 Å². The molecule has 1 aliphatic heterocycles. The number of phenols is 1. The van der Waals surface area contributed by atoms with E-state index in [4.69, 9.17) is 4.74 Å². The Morgan fingerprint density at radius 2 is 2.20 bits per heavy atom. The van der Waals surface area contributed by atoms with Crippen LogP contribution in [0.5, 0.6) is 11.5 Å². The van der Waals surface area contributed by atoms with Gasteiger partial charge in [-0.05, 0) is 29.9 Å². The number of carbonyl (C=O) groups is 1. The van der Waals surface area contributed by atoms with Crippen LogP contribution in [0.1, 0.15) is 43.5 Å². The van der Waals surface area contributed by atoms with Crippen molar-refractivity contribution in [3.63, 3.8) is 0 Å². The zero-order valence-electron chi connectivity index (χ0n) is 14.4. The van der Waals surface area contributed by atoms with Crippen molar-refractivity contribution < 1.29 is 14.6 Å². The third-order valence-corrected chi connectivity index (χ3v) is 6.41. The SMILES string of the molecule is CCCCCCSC1=C(C#N)C(=O)NC(c2ccc(O)c(OC)c2)S1. The molecule has 7 heteroatoms. The Hall–Kier alpha value is -1.78. The van der Waals surface area contributed by atoms with Crippen LogP contribution in [0, 0.1) is 11.3 Å². The first-order valence-electron chi connectivity index (χ1n) is 8.22. The zero-order valence-corrected chi connectivity index (χ0v) is 16.0. The summed E-state index contributed by atoms with van der Waals surface area (Å²) in [4.78, 5) is 12.3. The molecule has 1 unspecified atom stereocenters. The van der Waals surface area contributed by atoms with E-state index in [-0.39, 0.29) is 22.6 Å². The molecule has 1 amide bonds. The van der Waals surface area contributed by atoms with Gasteiger partial charge in [-0.25, -0.2) is 0 Å². The summed E-state index contributed by atoms with van der Waals surface area (Å²) in [7, 11) is 1.48. The number of rotatable bonds is 8. The minimum Gasteiger partial charge on any atom is -0.504 e.